The molecule has 1 fully saturated rings. The van der Waals surface area contributed by atoms with Crippen LogP contribution in [0.25, 0.3) is 0 Å². The first-order chi connectivity index (χ1) is 9.47. The molecule has 3 nitrogen and oxygen atoms in total. The van der Waals surface area contributed by atoms with Gasteiger partial charge in [-0.15, -0.1) is 0 Å². The molecule has 0 aromatic heterocycles. The van der Waals surface area contributed by atoms with Gasteiger partial charge in [0, 0.05) is 44.6 Å². The third-order valence-electron chi connectivity index (χ3n) is 4.22. The Hall–Kier alpha value is -1.22. The summed E-state index contributed by atoms with van der Waals surface area (Å²) in [7, 11) is 4.24. The minimum Gasteiger partial charge on any atom is -0.377 e. The molecule has 112 valence electrons. The summed E-state index contributed by atoms with van der Waals surface area (Å²) in [5, 5.41) is 3.61. The van der Waals surface area contributed by atoms with Gasteiger partial charge in [-0.25, -0.2) is 0 Å². The van der Waals surface area contributed by atoms with Crippen molar-refractivity contribution in [2.45, 2.75) is 33.2 Å². The topological polar surface area (TPSA) is 18.5 Å². The van der Waals surface area contributed by atoms with Crippen LogP contribution < -0.4 is 15.1 Å². The normalized spacial score (nSPS) is 24.1. The van der Waals surface area contributed by atoms with Gasteiger partial charge in [-0.1, -0.05) is 13.0 Å². The molecule has 0 radical (unpaired) electrons. The first-order valence-electron chi connectivity index (χ1n) is 7.73. The fourth-order valence-electron chi connectivity index (χ4n) is 2.90. The summed E-state index contributed by atoms with van der Waals surface area (Å²) in [6.07, 6.45) is 1.21. The summed E-state index contributed by atoms with van der Waals surface area (Å²) < 4.78 is 0. The van der Waals surface area contributed by atoms with Gasteiger partial charge < -0.3 is 15.1 Å². The maximum atomic E-state index is 3.61. The van der Waals surface area contributed by atoms with Crippen molar-refractivity contribution in [2.24, 2.45) is 5.92 Å². The van der Waals surface area contributed by atoms with Gasteiger partial charge in [-0.2, -0.15) is 0 Å². The molecule has 1 N–H and O–H groups in total. The van der Waals surface area contributed by atoms with Crippen LogP contribution in [-0.4, -0.2) is 39.8 Å². The summed E-state index contributed by atoms with van der Waals surface area (Å²) in [6.45, 7) is 10.2. The van der Waals surface area contributed by atoms with Crippen LogP contribution in [0, 0.1) is 12.8 Å². The number of nitrogens with one attached hydrogen (secondary N) is 1. The van der Waals surface area contributed by atoms with E-state index in [0.29, 0.717) is 12.0 Å². The number of hydrogen-bond donors (Lipinski definition) is 1. The van der Waals surface area contributed by atoms with E-state index in [1.807, 2.05) is 0 Å². The van der Waals surface area contributed by atoms with Crippen molar-refractivity contribution in [3.05, 3.63) is 23.8 Å². The van der Waals surface area contributed by atoms with Crippen LogP contribution in [0.2, 0.25) is 0 Å². The van der Waals surface area contributed by atoms with Gasteiger partial charge in [0.05, 0.1) is 0 Å². The number of hydrogen-bond acceptors (Lipinski definition) is 3. The minimum atomic E-state index is 0.610. The molecule has 0 aliphatic carbocycles. The van der Waals surface area contributed by atoms with Gasteiger partial charge in [0.25, 0.3) is 0 Å². The van der Waals surface area contributed by atoms with Crippen LogP contribution in [0.15, 0.2) is 18.2 Å². The smallest absolute Gasteiger partial charge is 0.0411 e. The Morgan fingerprint density at radius 3 is 2.70 bits per heavy atom. The molecule has 1 aromatic rings. The lowest BCUT2D eigenvalue weighted by molar-refractivity contribution is 0.411. The molecule has 3 heteroatoms. The number of nitrogens with zero attached hydrogens (tertiary/aromatic N) is 2. The molecule has 1 aliphatic heterocycles. The molecule has 20 heavy (non-hydrogen) atoms. The lowest BCUT2D eigenvalue weighted by Crippen LogP contribution is -2.42. The number of anilines is 2. The van der Waals surface area contributed by atoms with Crippen LogP contribution in [0.5, 0.6) is 0 Å². The standard InChI is InChI=1S/C17H29N3/c1-13-11-18-15(3)8-9-20(12-13)16-7-6-14(2)17(10-16)19(4)5/h6-7,10,13,15,18H,8-9,11-12H2,1-5H3. The van der Waals surface area contributed by atoms with E-state index < -0.39 is 0 Å². The van der Waals surface area contributed by atoms with Crippen LogP contribution in [0.3, 0.4) is 0 Å². The molecule has 1 saturated heterocycles. The Kier molecular flexibility index (Phi) is 4.92. The van der Waals surface area contributed by atoms with E-state index in [-0.39, 0.29) is 0 Å². The van der Waals surface area contributed by atoms with E-state index in [1.54, 1.807) is 0 Å². The SMILES string of the molecule is Cc1ccc(N2CCC(C)NCC(C)C2)cc1N(C)C. The molecule has 2 unspecified atom stereocenters. The number of benzene rings is 1. The predicted molar refractivity (Wildman–Crippen MR) is 89.0 cm³/mol. The molecule has 0 amide bonds. The third-order valence-corrected chi connectivity index (χ3v) is 4.22. The molecule has 0 bridgehead atoms. The van der Waals surface area contributed by atoms with Crippen LogP contribution in [-0.2, 0) is 0 Å². The number of aryl methyl sites for hydroxylation is 1. The molecule has 0 spiro atoms. The van der Waals surface area contributed by atoms with Crippen molar-refractivity contribution < 1.29 is 0 Å². The van der Waals surface area contributed by atoms with Crippen molar-refractivity contribution in [3.8, 4) is 0 Å². The van der Waals surface area contributed by atoms with E-state index in [4.69, 9.17) is 0 Å². The maximum Gasteiger partial charge on any atom is 0.0411 e. The quantitative estimate of drug-likeness (QED) is 0.895. The Labute approximate surface area is 124 Å². The first-order valence-corrected chi connectivity index (χ1v) is 7.73. The average Bonchev–Trinajstić information content (AvgIpc) is 2.39. The second-order valence-electron chi connectivity index (χ2n) is 6.51. The monoisotopic (exact) mass is 275 g/mol. The zero-order valence-electron chi connectivity index (χ0n) is 13.6. The van der Waals surface area contributed by atoms with Gasteiger partial charge in [0.2, 0.25) is 0 Å². The van der Waals surface area contributed by atoms with Gasteiger partial charge in [0.1, 0.15) is 0 Å². The molecule has 1 heterocycles. The van der Waals surface area contributed by atoms with E-state index in [1.165, 1.54) is 23.4 Å². The molecule has 2 rings (SSSR count). The second kappa shape index (κ2) is 6.49. The summed E-state index contributed by atoms with van der Waals surface area (Å²) >= 11 is 0. The second-order valence-corrected chi connectivity index (χ2v) is 6.51. The lowest BCUT2D eigenvalue weighted by Gasteiger charge is -2.33. The highest BCUT2D eigenvalue weighted by Crippen LogP contribution is 2.26. The van der Waals surface area contributed by atoms with Crippen LogP contribution in [0.4, 0.5) is 11.4 Å². The van der Waals surface area contributed by atoms with Gasteiger partial charge in [0.15, 0.2) is 0 Å². The van der Waals surface area contributed by atoms with Crippen molar-refractivity contribution in [2.75, 3.05) is 43.5 Å². The number of rotatable bonds is 2. The molecule has 2 atom stereocenters. The third kappa shape index (κ3) is 3.66. The van der Waals surface area contributed by atoms with Crippen molar-refractivity contribution >= 4 is 11.4 Å². The van der Waals surface area contributed by atoms with Gasteiger partial charge in [-0.3, -0.25) is 0 Å². The Balaban J connectivity index is 2.22. The van der Waals surface area contributed by atoms with Crippen molar-refractivity contribution in [1.82, 2.24) is 5.32 Å². The van der Waals surface area contributed by atoms with Crippen molar-refractivity contribution in [3.63, 3.8) is 0 Å². The summed E-state index contributed by atoms with van der Waals surface area (Å²) in [4.78, 5) is 4.75. The lowest BCUT2D eigenvalue weighted by atomic mass is 10.1. The molecule has 1 aliphatic rings. The Bertz CT molecular complexity index is 442. The highest BCUT2D eigenvalue weighted by atomic mass is 15.1. The van der Waals surface area contributed by atoms with E-state index in [2.05, 4.69) is 68.2 Å². The Morgan fingerprint density at radius 1 is 1.25 bits per heavy atom. The first kappa shape index (κ1) is 15.2. The van der Waals surface area contributed by atoms with Crippen molar-refractivity contribution in [1.29, 1.82) is 0 Å². The van der Waals surface area contributed by atoms with E-state index in [9.17, 15) is 0 Å². The molecular weight excluding hydrogens is 246 g/mol. The highest BCUT2D eigenvalue weighted by Gasteiger charge is 2.17. The maximum absolute atomic E-state index is 3.61. The summed E-state index contributed by atoms with van der Waals surface area (Å²) in [5.74, 6) is 0.682. The summed E-state index contributed by atoms with van der Waals surface area (Å²) in [5.41, 5.74) is 4.03. The minimum absolute atomic E-state index is 0.610. The highest BCUT2D eigenvalue weighted by molar-refractivity contribution is 5.63. The average molecular weight is 275 g/mol. The molecule has 0 saturated carbocycles. The predicted octanol–water partition coefficient (Wildman–Crippen LogP) is 2.89. The zero-order chi connectivity index (χ0) is 14.7. The summed E-state index contributed by atoms with van der Waals surface area (Å²) in [6, 6.07) is 7.46. The Morgan fingerprint density at radius 2 is 2.00 bits per heavy atom. The van der Waals surface area contributed by atoms with Gasteiger partial charge in [-0.05, 0) is 50.4 Å². The van der Waals surface area contributed by atoms with Crippen LogP contribution in [0.1, 0.15) is 25.8 Å². The zero-order valence-corrected chi connectivity index (χ0v) is 13.6. The fourth-order valence-corrected chi connectivity index (χ4v) is 2.90. The van der Waals surface area contributed by atoms with E-state index in [0.717, 1.165) is 19.6 Å². The van der Waals surface area contributed by atoms with Crippen LogP contribution >= 0.6 is 0 Å². The van der Waals surface area contributed by atoms with Gasteiger partial charge >= 0.3 is 0 Å². The molecular formula is C17H29N3. The largest absolute Gasteiger partial charge is 0.377 e. The fraction of sp³-hybridized carbons (Fsp3) is 0.647. The van der Waals surface area contributed by atoms with E-state index >= 15 is 0 Å². The molecule has 1 aromatic carbocycles.